The molecule has 0 spiro atoms. The number of fused-ring (bicyclic) bond motifs is 1. The number of amides is 1. The van der Waals surface area contributed by atoms with E-state index < -0.39 is 0 Å². The maximum atomic E-state index is 12.8. The molecule has 4 rings (SSSR count). The van der Waals surface area contributed by atoms with Crippen LogP contribution in [-0.4, -0.2) is 38.0 Å². The highest BCUT2D eigenvalue weighted by molar-refractivity contribution is 5.76. The quantitative estimate of drug-likeness (QED) is 0.715. The first-order valence-corrected chi connectivity index (χ1v) is 9.49. The van der Waals surface area contributed by atoms with Gasteiger partial charge in [0.05, 0.1) is 11.6 Å². The number of hydrogen-bond donors (Lipinski definition) is 0. The van der Waals surface area contributed by atoms with Crippen LogP contribution >= 0.6 is 0 Å². The maximum Gasteiger partial charge on any atom is 0.330 e. The van der Waals surface area contributed by atoms with Crippen LogP contribution in [0.4, 0.5) is 0 Å². The number of rotatable bonds is 4. The minimum Gasteiger partial charge on any atom is -0.341 e. The average Bonchev–Trinajstić information content (AvgIpc) is 2.98. The van der Waals surface area contributed by atoms with Gasteiger partial charge in [-0.3, -0.25) is 13.9 Å². The molecule has 0 bridgehead atoms. The Kier molecular flexibility index (Phi) is 4.79. The molecule has 0 unspecified atom stereocenters. The standard InChI is InChI=1S/C21H24N4O2/c1-23-18-10-5-13-22-20(18)25(21(23)27)17-9-6-14-24(15-17)19(26)12-11-16-7-3-2-4-8-16/h2-5,7-8,10,13,17H,6,9,11-12,14-15H2,1H3/t17-/m0/s1. The zero-order chi connectivity index (χ0) is 18.8. The number of benzene rings is 1. The second-order valence-electron chi connectivity index (χ2n) is 7.18. The lowest BCUT2D eigenvalue weighted by atomic mass is 10.0. The second kappa shape index (κ2) is 7.39. The van der Waals surface area contributed by atoms with E-state index in [-0.39, 0.29) is 17.6 Å². The summed E-state index contributed by atoms with van der Waals surface area (Å²) in [5.41, 5.74) is 2.64. The predicted octanol–water partition coefficient (Wildman–Crippen LogP) is 2.53. The Morgan fingerprint density at radius 2 is 2.00 bits per heavy atom. The van der Waals surface area contributed by atoms with Crippen LogP contribution in [0, 0.1) is 0 Å². The molecule has 0 aliphatic carbocycles. The number of carbonyl (C=O) groups is 1. The van der Waals surface area contributed by atoms with Crippen molar-refractivity contribution in [2.45, 2.75) is 31.7 Å². The molecule has 1 amide bonds. The van der Waals surface area contributed by atoms with E-state index in [2.05, 4.69) is 4.98 Å². The summed E-state index contributed by atoms with van der Waals surface area (Å²) >= 11 is 0. The van der Waals surface area contributed by atoms with Crippen molar-refractivity contribution in [1.82, 2.24) is 19.0 Å². The normalized spacial score (nSPS) is 17.4. The first-order valence-electron chi connectivity index (χ1n) is 9.49. The van der Waals surface area contributed by atoms with Gasteiger partial charge >= 0.3 is 5.69 Å². The smallest absolute Gasteiger partial charge is 0.330 e. The third-order valence-corrected chi connectivity index (χ3v) is 5.43. The Labute approximate surface area is 158 Å². The largest absolute Gasteiger partial charge is 0.341 e. The van der Waals surface area contributed by atoms with E-state index in [1.165, 1.54) is 5.56 Å². The molecule has 140 valence electrons. The topological polar surface area (TPSA) is 60.1 Å². The number of pyridine rings is 1. The van der Waals surface area contributed by atoms with Crippen LogP contribution in [0.25, 0.3) is 11.2 Å². The van der Waals surface area contributed by atoms with Gasteiger partial charge in [-0.1, -0.05) is 30.3 Å². The van der Waals surface area contributed by atoms with E-state index >= 15 is 0 Å². The molecule has 1 aromatic carbocycles. The van der Waals surface area contributed by atoms with Crippen LogP contribution in [0.1, 0.15) is 30.9 Å². The maximum absolute atomic E-state index is 12.8. The minimum absolute atomic E-state index is 0.0227. The highest BCUT2D eigenvalue weighted by Gasteiger charge is 2.27. The molecule has 0 saturated carbocycles. The molecule has 6 heteroatoms. The number of aryl methyl sites for hydroxylation is 2. The molecule has 1 saturated heterocycles. The monoisotopic (exact) mass is 364 g/mol. The third-order valence-electron chi connectivity index (χ3n) is 5.43. The molecule has 1 atom stereocenters. The van der Waals surface area contributed by atoms with Gasteiger partial charge in [0.15, 0.2) is 5.65 Å². The van der Waals surface area contributed by atoms with Crippen LogP contribution in [0.5, 0.6) is 0 Å². The van der Waals surface area contributed by atoms with E-state index in [0.29, 0.717) is 18.6 Å². The lowest BCUT2D eigenvalue weighted by Crippen LogP contribution is -2.43. The Bertz CT molecular complexity index is 1010. The summed E-state index contributed by atoms with van der Waals surface area (Å²) < 4.78 is 3.41. The summed E-state index contributed by atoms with van der Waals surface area (Å²) in [7, 11) is 1.77. The number of aromatic nitrogens is 3. The van der Waals surface area contributed by atoms with Crippen molar-refractivity contribution in [3.05, 3.63) is 64.7 Å². The fraction of sp³-hybridized carbons (Fsp3) is 0.381. The van der Waals surface area contributed by atoms with Gasteiger partial charge in [0.25, 0.3) is 0 Å². The summed E-state index contributed by atoms with van der Waals surface area (Å²) in [6.45, 7) is 1.33. The van der Waals surface area contributed by atoms with Crippen LogP contribution in [0.2, 0.25) is 0 Å². The SMILES string of the molecule is Cn1c(=O)n([C@H]2CCCN(C(=O)CCc3ccccc3)C2)c2ncccc21. The Morgan fingerprint density at radius 1 is 1.19 bits per heavy atom. The van der Waals surface area contributed by atoms with E-state index in [1.807, 2.05) is 47.4 Å². The van der Waals surface area contributed by atoms with Gasteiger partial charge in [-0.2, -0.15) is 0 Å². The van der Waals surface area contributed by atoms with Crippen molar-refractivity contribution in [3.63, 3.8) is 0 Å². The molecule has 0 radical (unpaired) electrons. The number of hydrogen-bond acceptors (Lipinski definition) is 3. The van der Waals surface area contributed by atoms with Crippen molar-refractivity contribution in [2.75, 3.05) is 13.1 Å². The van der Waals surface area contributed by atoms with Crippen LogP contribution in [0.15, 0.2) is 53.5 Å². The Balaban J connectivity index is 1.51. The third kappa shape index (κ3) is 3.39. The summed E-state index contributed by atoms with van der Waals surface area (Å²) in [4.78, 5) is 31.8. The summed E-state index contributed by atoms with van der Waals surface area (Å²) in [5, 5.41) is 0. The lowest BCUT2D eigenvalue weighted by molar-refractivity contribution is -0.132. The average molecular weight is 364 g/mol. The molecule has 0 N–H and O–H groups in total. The number of likely N-dealkylation sites (tertiary alicyclic amines) is 1. The zero-order valence-corrected chi connectivity index (χ0v) is 15.5. The molecule has 1 aliphatic heterocycles. The lowest BCUT2D eigenvalue weighted by Gasteiger charge is -2.33. The van der Waals surface area contributed by atoms with Crippen molar-refractivity contribution < 1.29 is 4.79 Å². The van der Waals surface area contributed by atoms with E-state index in [9.17, 15) is 9.59 Å². The molecule has 3 heterocycles. The van der Waals surface area contributed by atoms with Crippen molar-refractivity contribution in [3.8, 4) is 0 Å². The van der Waals surface area contributed by atoms with E-state index in [1.54, 1.807) is 22.4 Å². The van der Waals surface area contributed by atoms with Gasteiger partial charge in [0.2, 0.25) is 5.91 Å². The Hall–Kier alpha value is -2.89. The number of piperidine rings is 1. The van der Waals surface area contributed by atoms with Crippen molar-refractivity contribution in [2.24, 2.45) is 7.05 Å². The molecular formula is C21H24N4O2. The molecule has 3 aromatic rings. The van der Waals surface area contributed by atoms with Crippen LogP contribution in [-0.2, 0) is 18.3 Å². The van der Waals surface area contributed by atoms with Gasteiger partial charge in [-0.15, -0.1) is 0 Å². The highest BCUT2D eigenvalue weighted by Crippen LogP contribution is 2.24. The zero-order valence-electron chi connectivity index (χ0n) is 15.5. The molecular weight excluding hydrogens is 340 g/mol. The van der Waals surface area contributed by atoms with Crippen LogP contribution < -0.4 is 5.69 Å². The number of imidazole rings is 1. The predicted molar refractivity (Wildman–Crippen MR) is 105 cm³/mol. The summed E-state index contributed by atoms with van der Waals surface area (Å²) in [6.07, 6.45) is 4.75. The van der Waals surface area contributed by atoms with Crippen LogP contribution in [0.3, 0.4) is 0 Å². The number of carbonyl (C=O) groups excluding carboxylic acids is 1. The van der Waals surface area contributed by atoms with Gasteiger partial charge < -0.3 is 4.90 Å². The summed E-state index contributed by atoms with van der Waals surface area (Å²) in [6, 6.07) is 13.8. The highest BCUT2D eigenvalue weighted by atomic mass is 16.2. The molecule has 6 nitrogen and oxygen atoms in total. The fourth-order valence-corrected chi connectivity index (χ4v) is 3.97. The molecule has 27 heavy (non-hydrogen) atoms. The van der Waals surface area contributed by atoms with Crippen molar-refractivity contribution >= 4 is 17.1 Å². The van der Waals surface area contributed by atoms with E-state index in [0.717, 1.165) is 31.3 Å². The first kappa shape index (κ1) is 17.5. The molecule has 1 fully saturated rings. The minimum atomic E-state index is -0.0627. The Morgan fingerprint density at radius 3 is 2.81 bits per heavy atom. The van der Waals surface area contributed by atoms with Gasteiger partial charge in [0.1, 0.15) is 0 Å². The number of nitrogens with zero attached hydrogens (tertiary/aromatic N) is 4. The second-order valence-corrected chi connectivity index (χ2v) is 7.18. The van der Waals surface area contributed by atoms with E-state index in [4.69, 9.17) is 0 Å². The van der Waals surface area contributed by atoms with Crippen molar-refractivity contribution in [1.29, 1.82) is 0 Å². The van der Waals surface area contributed by atoms with Gasteiger partial charge in [0, 0.05) is 32.8 Å². The molecule has 2 aromatic heterocycles. The summed E-state index contributed by atoms with van der Waals surface area (Å²) in [5.74, 6) is 0.157. The van der Waals surface area contributed by atoms with Gasteiger partial charge in [-0.05, 0) is 37.0 Å². The van der Waals surface area contributed by atoms with Gasteiger partial charge in [-0.25, -0.2) is 9.78 Å². The first-order chi connectivity index (χ1) is 13.1. The molecule has 1 aliphatic rings. The fourth-order valence-electron chi connectivity index (χ4n) is 3.97.